The Hall–Kier alpha value is -0.990. The zero-order chi connectivity index (χ0) is 11.0. The Morgan fingerprint density at radius 3 is 2.67 bits per heavy atom. The van der Waals surface area contributed by atoms with Crippen molar-refractivity contribution in [2.75, 3.05) is 0 Å². The maximum atomic E-state index is 9.28. The Morgan fingerprint density at radius 1 is 1.33 bits per heavy atom. The highest BCUT2D eigenvalue weighted by Gasteiger charge is 2.10. The van der Waals surface area contributed by atoms with Crippen LogP contribution in [-0.2, 0) is 6.61 Å². The van der Waals surface area contributed by atoms with Crippen LogP contribution < -0.4 is 0 Å². The van der Waals surface area contributed by atoms with E-state index in [9.17, 15) is 5.11 Å². The maximum absolute atomic E-state index is 9.28. The SMILES string of the molecule is CC(C)n1c(CO)cc2cc(Cl)ccc21. The molecule has 0 fully saturated rings. The summed E-state index contributed by atoms with van der Waals surface area (Å²) < 4.78 is 2.13. The Bertz CT molecular complexity index is 488. The van der Waals surface area contributed by atoms with Gasteiger partial charge in [-0.15, -0.1) is 0 Å². The number of hydrogen-bond acceptors (Lipinski definition) is 1. The van der Waals surface area contributed by atoms with E-state index in [0.29, 0.717) is 6.04 Å². The molecule has 2 aromatic rings. The molecule has 15 heavy (non-hydrogen) atoms. The normalized spacial score (nSPS) is 11.5. The molecule has 1 N–H and O–H groups in total. The lowest BCUT2D eigenvalue weighted by molar-refractivity contribution is 0.269. The quantitative estimate of drug-likeness (QED) is 0.830. The number of aromatic nitrogens is 1. The lowest BCUT2D eigenvalue weighted by Crippen LogP contribution is -2.04. The maximum Gasteiger partial charge on any atom is 0.0833 e. The fourth-order valence-electron chi connectivity index (χ4n) is 2.00. The Labute approximate surface area is 94.1 Å². The van der Waals surface area contributed by atoms with E-state index in [4.69, 9.17) is 11.6 Å². The molecule has 0 amide bonds. The molecule has 3 heteroatoms. The average molecular weight is 224 g/mol. The van der Waals surface area contributed by atoms with Gasteiger partial charge in [0, 0.05) is 27.7 Å². The summed E-state index contributed by atoms with van der Waals surface area (Å²) in [4.78, 5) is 0. The van der Waals surface area contributed by atoms with Gasteiger partial charge in [0.1, 0.15) is 0 Å². The third-order valence-corrected chi connectivity index (χ3v) is 2.79. The Morgan fingerprint density at radius 2 is 2.07 bits per heavy atom. The minimum Gasteiger partial charge on any atom is -0.390 e. The van der Waals surface area contributed by atoms with Crippen molar-refractivity contribution in [3.8, 4) is 0 Å². The molecule has 0 saturated carbocycles. The van der Waals surface area contributed by atoms with Crippen LogP contribution in [0.5, 0.6) is 0 Å². The molecule has 0 spiro atoms. The minimum atomic E-state index is 0.0600. The van der Waals surface area contributed by atoms with Gasteiger partial charge in [0.25, 0.3) is 0 Å². The molecule has 0 aliphatic heterocycles. The summed E-state index contributed by atoms with van der Waals surface area (Å²) in [5, 5.41) is 11.1. The van der Waals surface area contributed by atoms with Crippen molar-refractivity contribution < 1.29 is 5.11 Å². The van der Waals surface area contributed by atoms with Crippen LogP contribution in [0.3, 0.4) is 0 Å². The van der Waals surface area contributed by atoms with Gasteiger partial charge in [-0.2, -0.15) is 0 Å². The van der Waals surface area contributed by atoms with E-state index in [0.717, 1.165) is 21.6 Å². The molecule has 1 heterocycles. The molecule has 0 aliphatic rings. The second-order valence-corrected chi connectivity index (χ2v) is 4.40. The molecule has 80 valence electrons. The predicted octanol–water partition coefficient (Wildman–Crippen LogP) is 3.37. The van der Waals surface area contributed by atoms with Gasteiger partial charge in [0.05, 0.1) is 6.61 Å². The fraction of sp³-hybridized carbons (Fsp3) is 0.333. The summed E-state index contributed by atoms with van der Waals surface area (Å²) in [6, 6.07) is 8.13. The Balaban J connectivity index is 2.74. The van der Waals surface area contributed by atoms with Crippen LogP contribution in [0.25, 0.3) is 10.9 Å². The summed E-state index contributed by atoms with van der Waals surface area (Å²) in [6.07, 6.45) is 0. The molecule has 1 aromatic heterocycles. The van der Waals surface area contributed by atoms with E-state index in [1.54, 1.807) is 0 Å². The molecule has 2 nitrogen and oxygen atoms in total. The van der Waals surface area contributed by atoms with Crippen molar-refractivity contribution in [3.05, 3.63) is 35.0 Å². The number of rotatable bonds is 2. The largest absolute Gasteiger partial charge is 0.390 e. The summed E-state index contributed by atoms with van der Waals surface area (Å²) in [5.74, 6) is 0. The van der Waals surface area contributed by atoms with Gasteiger partial charge in [-0.25, -0.2) is 0 Å². The van der Waals surface area contributed by atoms with E-state index in [-0.39, 0.29) is 6.61 Å². The summed E-state index contributed by atoms with van der Waals surface area (Å²) >= 11 is 5.93. The molecule has 0 atom stereocenters. The second-order valence-electron chi connectivity index (χ2n) is 3.96. The molecule has 0 unspecified atom stereocenters. The highest BCUT2D eigenvalue weighted by atomic mass is 35.5. The highest BCUT2D eigenvalue weighted by Crippen LogP contribution is 2.26. The molecule has 0 aliphatic carbocycles. The number of aliphatic hydroxyl groups is 1. The summed E-state index contributed by atoms with van der Waals surface area (Å²) in [5.41, 5.74) is 2.06. The van der Waals surface area contributed by atoms with Gasteiger partial charge in [0.2, 0.25) is 0 Å². The standard InChI is InChI=1S/C12H14ClNO/c1-8(2)14-11(7-15)6-9-5-10(13)3-4-12(9)14/h3-6,8,15H,7H2,1-2H3. The molecular weight excluding hydrogens is 210 g/mol. The number of hydrogen-bond donors (Lipinski definition) is 1. The zero-order valence-corrected chi connectivity index (χ0v) is 9.62. The van der Waals surface area contributed by atoms with Crippen molar-refractivity contribution in [2.45, 2.75) is 26.5 Å². The van der Waals surface area contributed by atoms with Crippen LogP contribution in [0.15, 0.2) is 24.3 Å². The topological polar surface area (TPSA) is 25.2 Å². The first-order chi connectivity index (χ1) is 7.13. The highest BCUT2D eigenvalue weighted by molar-refractivity contribution is 6.31. The van der Waals surface area contributed by atoms with Crippen LogP contribution in [0, 0.1) is 0 Å². The first-order valence-corrected chi connectivity index (χ1v) is 5.41. The van der Waals surface area contributed by atoms with Gasteiger partial charge in [-0.05, 0) is 38.1 Å². The lowest BCUT2D eigenvalue weighted by Gasteiger charge is -2.13. The number of aliphatic hydroxyl groups excluding tert-OH is 1. The molecular formula is C12H14ClNO. The Kier molecular flexibility index (Phi) is 2.72. The zero-order valence-electron chi connectivity index (χ0n) is 8.87. The number of nitrogens with zero attached hydrogens (tertiary/aromatic N) is 1. The van der Waals surface area contributed by atoms with Gasteiger partial charge >= 0.3 is 0 Å². The van der Waals surface area contributed by atoms with Gasteiger partial charge in [-0.1, -0.05) is 11.6 Å². The van der Waals surface area contributed by atoms with Crippen LogP contribution in [0.1, 0.15) is 25.6 Å². The van der Waals surface area contributed by atoms with E-state index in [1.165, 1.54) is 0 Å². The van der Waals surface area contributed by atoms with Gasteiger partial charge in [0.15, 0.2) is 0 Å². The van der Waals surface area contributed by atoms with Gasteiger partial charge in [-0.3, -0.25) is 0 Å². The fourth-order valence-corrected chi connectivity index (χ4v) is 2.18. The summed E-state index contributed by atoms with van der Waals surface area (Å²) in [6.45, 7) is 4.27. The minimum absolute atomic E-state index is 0.0600. The monoisotopic (exact) mass is 223 g/mol. The second kappa shape index (κ2) is 3.87. The molecule has 0 radical (unpaired) electrons. The van der Waals surface area contributed by atoms with Crippen LogP contribution in [0.4, 0.5) is 0 Å². The third-order valence-electron chi connectivity index (χ3n) is 2.56. The number of halogens is 1. The van der Waals surface area contributed by atoms with E-state index in [2.05, 4.69) is 18.4 Å². The average Bonchev–Trinajstić information content (AvgIpc) is 2.54. The van der Waals surface area contributed by atoms with E-state index < -0.39 is 0 Å². The first-order valence-electron chi connectivity index (χ1n) is 5.03. The molecule has 1 aromatic carbocycles. The van der Waals surface area contributed by atoms with Gasteiger partial charge < -0.3 is 9.67 Å². The first kappa shape index (κ1) is 10.5. The molecule has 0 saturated heterocycles. The van der Waals surface area contributed by atoms with Crippen molar-refractivity contribution in [2.24, 2.45) is 0 Å². The van der Waals surface area contributed by atoms with Crippen molar-refractivity contribution in [1.82, 2.24) is 4.57 Å². The lowest BCUT2D eigenvalue weighted by atomic mass is 10.2. The van der Waals surface area contributed by atoms with Crippen molar-refractivity contribution >= 4 is 22.5 Å². The number of fused-ring (bicyclic) bond motifs is 1. The van der Waals surface area contributed by atoms with Crippen molar-refractivity contribution in [1.29, 1.82) is 0 Å². The third kappa shape index (κ3) is 1.75. The van der Waals surface area contributed by atoms with Crippen LogP contribution in [0.2, 0.25) is 5.02 Å². The summed E-state index contributed by atoms with van der Waals surface area (Å²) in [7, 11) is 0. The number of benzene rings is 1. The smallest absolute Gasteiger partial charge is 0.0833 e. The predicted molar refractivity (Wildman–Crippen MR) is 63.3 cm³/mol. The van der Waals surface area contributed by atoms with E-state index >= 15 is 0 Å². The van der Waals surface area contributed by atoms with Crippen LogP contribution >= 0.6 is 11.6 Å². The van der Waals surface area contributed by atoms with Crippen LogP contribution in [-0.4, -0.2) is 9.67 Å². The molecule has 2 rings (SSSR count). The van der Waals surface area contributed by atoms with Crippen molar-refractivity contribution in [3.63, 3.8) is 0 Å². The van der Waals surface area contributed by atoms with E-state index in [1.807, 2.05) is 24.3 Å². The molecule has 0 bridgehead atoms.